The molecule has 1 N–H and O–H groups in total. The highest BCUT2D eigenvalue weighted by Gasteiger charge is 2.43. The van der Waals surface area contributed by atoms with Crippen molar-refractivity contribution in [1.29, 1.82) is 0 Å². The van der Waals surface area contributed by atoms with Crippen LogP contribution in [0.2, 0.25) is 0 Å². The summed E-state index contributed by atoms with van der Waals surface area (Å²) >= 11 is 0. The molecule has 1 aliphatic heterocycles. The van der Waals surface area contributed by atoms with Gasteiger partial charge in [0.2, 0.25) is 0 Å². The fourth-order valence-electron chi connectivity index (χ4n) is 4.47. The van der Waals surface area contributed by atoms with E-state index in [1.165, 1.54) is 0 Å². The molecule has 0 spiro atoms. The standard InChI is InChI=1S/C26H35NO4/c1-6-8-14-30-21-12-10-9-11-18(21)23-22(25(29)31-13-7-2)17(3)27-19-15-26(4,5)16-20(28)24(19)23/h9-12,23,27H,6-8,13-16H2,1-5H3/t23-/m0/s1. The van der Waals surface area contributed by atoms with E-state index >= 15 is 0 Å². The highest BCUT2D eigenvalue weighted by atomic mass is 16.5. The van der Waals surface area contributed by atoms with Gasteiger partial charge in [0.05, 0.1) is 24.7 Å². The molecular weight excluding hydrogens is 390 g/mol. The van der Waals surface area contributed by atoms with Crippen molar-refractivity contribution >= 4 is 11.8 Å². The third-order valence-corrected chi connectivity index (χ3v) is 5.88. The minimum Gasteiger partial charge on any atom is -0.493 e. The summed E-state index contributed by atoms with van der Waals surface area (Å²) in [5.74, 6) is -0.0484. The molecule has 5 heteroatoms. The first-order valence-electron chi connectivity index (χ1n) is 11.4. The number of unbranched alkanes of at least 4 members (excludes halogenated alkanes) is 1. The second kappa shape index (κ2) is 9.71. The number of esters is 1. The number of hydrogen-bond acceptors (Lipinski definition) is 5. The van der Waals surface area contributed by atoms with E-state index in [-0.39, 0.29) is 17.2 Å². The van der Waals surface area contributed by atoms with Crippen LogP contribution in [-0.2, 0) is 14.3 Å². The van der Waals surface area contributed by atoms with E-state index in [4.69, 9.17) is 9.47 Å². The molecule has 0 fully saturated rings. The summed E-state index contributed by atoms with van der Waals surface area (Å²) in [6.45, 7) is 11.2. The fraction of sp³-hybridized carbons (Fsp3) is 0.538. The number of allylic oxidation sites excluding steroid dienone is 3. The van der Waals surface area contributed by atoms with Gasteiger partial charge in [-0.15, -0.1) is 0 Å². The number of nitrogens with one attached hydrogen (secondary N) is 1. The highest BCUT2D eigenvalue weighted by Crippen LogP contribution is 2.48. The molecule has 1 atom stereocenters. The normalized spacial score (nSPS) is 20.3. The minimum atomic E-state index is -0.484. The number of hydrogen-bond donors (Lipinski definition) is 1. The molecule has 1 aromatic carbocycles. The van der Waals surface area contributed by atoms with Crippen LogP contribution < -0.4 is 10.1 Å². The molecule has 168 valence electrons. The zero-order valence-electron chi connectivity index (χ0n) is 19.5. The van der Waals surface area contributed by atoms with Crippen LogP contribution in [-0.4, -0.2) is 25.0 Å². The van der Waals surface area contributed by atoms with Gasteiger partial charge >= 0.3 is 5.97 Å². The average molecular weight is 426 g/mol. The zero-order chi connectivity index (χ0) is 22.6. The molecule has 1 aliphatic carbocycles. The van der Waals surface area contributed by atoms with Gasteiger partial charge in [0.15, 0.2) is 5.78 Å². The number of benzene rings is 1. The number of para-hydroxylation sites is 1. The second-order valence-corrected chi connectivity index (χ2v) is 9.31. The maximum atomic E-state index is 13.4. The molecule has 0 radical (unpaired) electrons. The van der Waals surface area contributed by atoms with E-state index in [0.717, 1.165) is 48.4 Å². The first-order valence-corrected chi connectivity index (χ1v) is 11.4. The molecule has 2 aliphatic rings. The van der Waals surface area contributed by atoms with Gasteiger partial charge in [-0.1, -0.05) is 52.3 Å². The van der Waals surface area contributed by atoms with Gasteiger partial charge < -0.3 is 14.8 Å². The van der Waals surface area contributed by atoms with Crippen molar-refractivity contribution in [2.75, 3.05) is 13.2 Å². The summed E-state index contributed by atoms with van der Waals surface area (Å²) in [5, 5.41) is 3.38. The van der Waals surface area contributed by atoms with Gasteiger partial charge in [0.25, 0.3) is 0 Å². The number of ether oxygens (including phenoxy) is 2. The lowest BCUT2D eigenvalue weighted by Gasteiger charge is -2.39. The Morgan fingerprint density at radius 2 is 1.87 bits per heavy atom. The van der Waals surface area contributed by atoms with Crippen LogP contribution in [0.3, 0.4) is 0 Å². The van der Waals surface area contributed by atoms with E-state index in [9.17, 15) is 9.59 Å². The van der Waals surface area contributed by atoms with Crippen molar-refractivity contribution in [2.45, 2.75) is 72.6 Å². The van der Waals surface area contributed by atoms with E-state index in [2.05, 4.69) is 26.1 Å². The lowest BCUT2D eigenvalue weighted by Crippen LogP contribution is -2.38. The Labute approximate surface area is 185 Å². The molecular formula is C26H35NO4. The SMILES string of the molecule is CCCCOc1ccccc1[C@H]1C(C(=O)OCCC)=C(C)NC2=C1C(=O)CC(C)(C)C2. The maximum absolute atomic E-state index is 13.4. The van der Waals surface area contributed by atoms with E-state index in [1.807, 2.05) is 38.1 Å². The Morgan fingerprint density at radius 1 is 1.13 bits per heavy atom. The average Bonchev–Trinajstić information content (AvgIpc) is 2.70. The predicted molar refractivity (Wildman–Crippen MR) is 122 cm³/mol. The van der Waals surface area contributed by atoms with E-state index in [1.54, 1.807) is 0 Å². The molecule has 0 bridgehead atoms. The van der Waals surface area contributed by atoms with Crippen molar-refractivity contribution < 1.29 is 19.1 Å². The first kappa shape index (κ1) is 23.1. The largest absolute Gasteiger partial charge is 0.493 e. The first-order chi connectivity index (χ1) is 14.8. The van der Waals surface area contributed by atoms with Crippen molar-refractivity contribution in [2.24, 2.45) is 5.41 Å². The Hall–Kier alpha value is -2.56. The van der Waals surface area contributed by atoms with E-state index in [0.29, 0.717) is 30.8 Å². The van der Waals surface area contributed by atoms with Crippen molar-refractivity contribution in [3.05, 3.63) is 52.4 Å². The van der Waals surface area contributed by atoms with Crippen LogP contribution in [0, 0.1) is 5.41 Å². The fourth-order valence-corrected chi connectivity index (χ4v) is 4.47. The van der Waals surface area contributed by atoms with Crippen molar-refractivity contribution in [1.82, 2.24) is 5.32 Å². The summed E-state index contributed by atoms with van der Waals surface area (Å²) in [6.07, 6.45) is 3.94. The summed E-state index contributed by atoms with van der Waals surface area (Å²) < 4.78 is 11.6. The number of carbonyl (C=O) groups is 2. The van der Waals surface area contributed by atoms with Crippen LogP contribution in [0.1, 0.15) is 78.2 Å². The molecule has 1 aromatic rings. The third kappa shape index (κ3) is 5.03. The molecule has 0 unspecified atom stereocenters. The van der Waals surface area contributed by atoms with Crippen LogP contribution >= 0.6 is 0 Å². The smallest absolute Gasteiger partial charge is 0.336 e. The van der Waals surface area contributed by atoms with E-state index < -0.39 is 5.92 Å². The molecule has 0 saturated heterocycles. The summed E-state index contributed by atoms with van der Waals surface area (Å²) in [7, 11) is 0. The van der Waals surface area contributed by atoms with Crippen LogP contribution in [0.15, 0.2) is 46.8 Å². The van der Waals surface area contributed by atoms with Crippen LogP contribution in [0.5, 0.6) is 5.75 Å². The maximum Gasteiger partial charge on any atom is 0.336 e. The van der Waals surface area contributed by atoms with Gasteiger partial charge in [0.1, 0.15) is 5.75 Å². The summed E-state index contributed by atoms with van der Waals surface area (Å²) in [6, 6.07) is 7.76. The third-order valence-electron chi connectivity index (χ3n) is 5.88. The van der Waals surface area contributed by atoms with Gasteiger partial charge in [-0.3, -0.25) is 4.79 Å². The van der Waals surface area contributed by atoms with Crippen molar-refractivity contribution in [3.63, 3.8) is 0 Å². The molecule has 1 heterocycles. The number of Topliss-reactive ketones (excluding diaryl/α,β-unsaturated/α-hetero) is 1. The number of carbonyl (C=O) groups excluding carboxylic acids is 2. The molecule has 0 amide bonds. The van der Waals surface area contributed by atoms with Gasteiger partial charge in [-0.25, -0.2) is 4.79 Å². The second-order valence-electron chi connectivity index (χ2n) is 9.31. The molecule has 31 heavy (non-hydrogen) atoms. The Morgan fingerprint density at radius 3 is 2.58 bits per heavy atom. The molecule has 3 rings (SSSR count). The minimum absolute atomic E-state index is 0.0837. The van der Waals surface area contributed by atoms with Crippen molar-refractivity contribution in [3.8, 4) is 5.75 Å². The summed E-state index contributed by atoms with van der Waals surface area (Å²) in [5.41, 5.74) is 3.58. The topological polar surface area (TPSA) is 64.6 Å². The lowest BCUT2D eigenvalue weighted by atomic mass is 9.68. The summed E-state index contributed by atoms with van der Waals surface area (Å²) in [4.78, 5) is 26.5. The molecule has 5 nitrogen and oxygen atoms in total. The Bertz CT molecular complexity index is 910. The number of ketones is 1. The quantitative estimate of drug-likeness (QED) is 0.445. The molecule has 0 aromatic heterocycles. The zero-order valence-corrected chi connectivity index (χ0v) is 19.5. The van der Waals surface area contributed by atoms with Gasteiger partial charge in [-0.2, -0.15) is 0 Å². The number of rotatable bonds is 8. The highest BCUT2D eigenvalue weighted by molar-refractivity contribution is 6.04. The predicted octanol–water partition coefficient (Wildman–Crippen LogP) is 5.42. The Balaban J connectivity index is 2.13. The lowest BCUT2D eigenvalue weighted by molar-refractivity contribution is -0.139. The Kier molecular flexibility index (Phi) is 7.24. The number of dihydropyridines is 1. The monoisotopic (exact) mass is 425 g/mol. The van der Waals surface area contributed by atoms with Gasteiger partial charge in [0, 0.05) is 29.0 Å². The van der Waals surface area contributed by atoms with Gasteiger partial charge in [-0.05, 0) is 37.7 Å². The van der Waals surface area contributed by atoms with Crippen LogP contribution in [0.25, 0.3) is 0 Å². The van der Waals surface area contributed by atoms with Crippen LogP contribution in [0.4, 0.5) is 0 Å². The molecule has 0 saturated carbocycles.